The lowest BCUT2D eigenvalue weighted by Crippen LogP contribution is -2.49. The van der Waals surface area contributed by atoms with Gasteiger partial charge in [-0.05, 0) is 38.0 Å². The highest BCUT2D eigenvalue weighted by Crippen LogP contribution is 2.31. The van der Waals surface area contributed by atoms with Gasteiger partial charge in [0.05, 0.1) is 5.69 Å². The fourth-order valence-electron chi connectivity index (χ4n) is 5.24. The Balaban J connectivity index is 1.28. The molecule has 1 aliphatic heterocycles. The molecule has 28 heavy (non-hydrogen) atoms. The van der Waals surface area contributed by atoms with E-state index < -0.39 is 0 Å². The number of rotatable bonds is 4. The molecular weight excluding hydrogens is 352 g/mol. The first-order valence-electron chi connectivity index (χ1n) is 11.0. The predicted octanol–water partition coefficient (Wildman–Crippen LogP) is 2.62. The molecule has 2 aliphatic carbocycles. The largest absolute Gasteiger partial charge is 0.353 e. The molecule has 0 spiro atoms. The first kappa shape index (κ1) is 17.9. The number of hydrogen-bond acceptors (Lipinski definition) is 5. The summed E-state index contributed by atoms with van der Waals surface area (Å²) < 4.78 is 1.90. The summed E-state index contributed by atoms with van der Waals surface area (Å²) in [7, 11) is 0. The predicted molar refractivity (Wildman–Crippen MR) is 107 cm³/mol. The van der Waals surface area contributed by atoms with E-state index in [1.54, 1.807) is 6.33 Å². The number of aromatic nitrogens is 4. The first-order valence-corrected chi connectivity index (χ1v) is 11.0. The summed E-state index contributed by atoms with van der Waals surface area (Å²) in [6.07, 6.45) is 13.3. The third-order valence-corrected chi connectivity index (χ3v) is 6.85. The van der Waals surface area contributed by atoms with E-state index in [0.29, 0.717) is 11.7 Å². The molecule has 3 aliphatic rings. The summed E-state index contributed by atoms with van der Waals surface area (Å²) in [5, 5.41) is 4.45. The first-order chi connectivity index (χ1) is 13.8. The quantitative estimate of drug-likeness (QED) is 0.813. The van der Waals surface area contributed by atoms with Gasteiger partial charge in [-0.3, -0.25) is 4.79 Å². The fourth-order valence-corrected chi connectivity index (χ4v) is 5.24. The van der Waals surface area contributed by atoms with Crippen LogP contribution in [0, 0.1) is 5.92 Å². The number of nitrogens with zero attached hydrogens (tertiary/aromatic N) is 6. The molecule has 7 nitrogen and oxygen atoms in total. The second kappa shape index (κ2) is 7.68. The van der Waals surface area contributed by atoms with Crippen LogP contribution in [0.1, 0.15) is 62.6 Å². The standard InChI is InChI=1S/C21H30N6O/c28-19(10-9-16-5-1-2-6-16)25-11-13-26(14-12-25)20-17-7-3-4-8-18(17)24-21-22-15-23-27(20)21/h15-16H,1-14H2. The molecule has 0 aromatic carbocycles. The van der Waals surface area contributed by atoms with Gasteiger partial charge in [0.2, 0.25) is 5.91 Å². The summed E-state index contributed by atoms with van der Waals surface area (Å²) in [4.78, 5) is 26.2. The smallest absolute Gasteiger partial charge is 0.254 e. The van der Waals surface area contributed by atoms with Gasteiger partial charge in [0.15, 0.2) is 0 Å². The molecule has 2 aromatic rings. The van der Waals surface area contributed by atoms with E-state index in [2.05, 4.69) is 19.9 Å². The number of anilines is 1. The zero-order valence-electron chi connectivity index (χ0n) is 16.6. The van der Waals surface area contributed by atoms with Crippen LogP contribution in [-0.2, 0) is 17.6 Å². The lowest BCUT2D eigenvalue weighted by atomic mass is 9.96. The Kier molecular flexibility index (Phi) is 4.91. The van der Waals surface area contributed by atoms with Gasteiger partial charge >= 0.3 is 0 Å². The summed E-state index contributed by atoms with van der Waals surface area (Å²) in [6.45, 7) is 3.33. The molecule has 2 fully saturated rings. The van der Waals surface area contributed by atoms with Crippen molar-refractivity contribution in [2.45, 2.75) is 64.2 Å². The molecule has 2 aromatic heterocycles. The molecule has 0 atom stereocenters. The van der Waals surface area contributed by atoms with Crippen molar-refractivity contribution in [1.82, 2.24) is 24.5 Å². The second-order valence-electron chi connectivity index (χ2n) is 8.60. The van der Waals surface area contributed by atoms with Gasteiger partial charge in [-0.2, -0.15) is 14.6 Å². The molecule has 1 amide bonds. The maximum absolute atomic E-state index is 12.7. The van der Waals surface area contributed by atoms with E-state index in [1.165, 1.54) is 49.8 Å². The molecule has 150 valence electrons. The number of hydrogen-bond donors (Lipinski definition) is 0. The summed E-state index contributed by atoms with van der Waals surface area (Å²) in [6, 6.07) is 0. The molecule has 1 saturated carbocycles. The van der Waals surface area contributed by atoms with Crippen molar-refractivity contribution in [3.05, 3.63) is 17.6 Å². The molecule has 7 heteroatoms. The van der Waals surface area contributed by atoms with Crippen LogP contribution >= 0.6 is 0 Å². The molecule has 0 N–H and O–H groups in total. The lowest BCUT2D eigenvalue weighted by molar-refractivity contribution is -0.131. The summed E-state index contributed by atoms with van der Waals surface area (Å²) >= 11 is 0. The number of fused-ring (bicyclic) bond motifs is 2. The zero-order chi connectivity index (χ0) is 18.9. The van der Waals surface area contributed by atoms with Gasteiger partial charge in [-0.1, -0.05) is 25.7 Å². The van der Waals surface area contributed by atoms with Crippen LogP contribution in [0.15, 0.2) is 6.33 Å². The Morgan fingerprint density at radius 3 is 2.64 bits per heavy atom. The third-order valence-electron chi connectivity index (χ3n) is 6.85. The molecule has 0 radical (unpaired) electrons. The van der Waals surface area contributed by atoms with E-state index in [4.69, 9.17) is 4.98 Å². The number of aryl methyl sites for hydroxylation is 1. The molecule has 0 bridgehead atoms. The Bertz CT molecular complexity index is 848. The number of amides is 1. The average Bonchev–Trinajstić information content (AvgIpc) is 3.42. The monoisotopic (exact) mass is 382 g/mol. The molecule has 3 heterocycles. The normalized spacial score (nSPS) is 20.7. The van der Waals surface area contributed by atoms with E-state index in [0.717, 1.165) is 63.6 Å². The minimum atomic E-state index is 0.342. The fraction of sp³-hybridized carbons (Fsp3) is 0.714. The Morgan fingerprint density at radius 2 is 1.82 bits per heavy atom. The summed E-state index contributed by atoms with van der Waals surface area (Å²) in [5.41, 5.74) is 2.53. The maximum Gasteiger partial charge on any atom is 0.254 e. The van der Waals surface area contributed by atoms with Crippen molar-refractivity contribution >= 4 is 17.5 Å². The number of carbonyl (C=O) groups is 1. The van der Waals surface area contributed by atoms with Crippen LogP contribution < -0.4 is 4.90 Å². The topological polar surface area (TPSA) is 66.6 Å². The highest BCUT2D eigenvalue weighted by molar-refractivity contribution is 5.76. The van der Waals surface area contributed by atoms with Crippen molar-refractivity contribution in [3.8, 4) is 0 Å². The van der Waals surface area contributed by atoms with E-state index in [-0.39, 0.29) is 0 Å². The minimum Gasteiger partial charge on any atom is -0.353 e. The van der Waals surface area contributed by atoms with Crippen molar-refractivity contribution in [2.75, 3.05) is 31.1 Å². The minimum absolute atomic E-state index is 0.342. The van der Waals surface area contributed by atoms with Gasteiger partial charge in [-0.25, -0.2) is 4.98 Å². The van der Waals surface area contributed by atoms with Gasteiger partial charge in [0.25, 0.3) is 5.78 Å². The average molecular weight is 383 g/mol. The second-order valence-corrected chi connectivity index (χ2v) is 8.60. The van der Waals surface area contributed by atoms with E-state index >= 15 is 0 Å². The molecular formula is C21H30N6O. The maximum atomic E-state index is 12.7. The third kappa shape index (κ3) is 3.35. The van der Waals surface area contributed by atoms with E-state index in [1.807, 2.05) is 4.52 Å². The molecule has 1 saturated heterocycles. The van der Waals surface area contributed by atoms with Crippen LogP contribution in [0.2, 0.25) is 0 Å². The van der Waals surface area contributed by atoms with Crippen molar-refractivity contribution < 1.29 is 4.79 Å². The van der Waals surface area contributed by atoms with E-state index in [9.17, 15) is 4.79 Å². The van der Waals surface area contributed by atoms with Gasteiger partial charge in [0.1, 0.15) is 12.1 Å². The van der Waals surface area contributed by atoms with Gasteiger partial charge in [0, 0.05) is 38.2 Å². The highest BCUT2D eigenvalue weighted by atomic mass is 16.2. The van der Waals surface area contributed by atoms with Crippen molar-refractivity contribution in [2.24, 2.45) is 5.92 Å². The van der Waals surface area contributed by atoms with Gasteiger partial charge < -0.3 is 9.80 Å². The van der Waals surface area contributed by atoms with Crippen LogP contribution in [0.5, 0.6) is 0 Å². The number of piperazine rings is 1. The highest BCUT2D eigenvalue weighted by Gasteiger charge is 2.28. The SMILES string of the molecule is O=C(CCC1CCCC1)N1CCN(c2c3c(nc4ncnn24)CCCC3)CC1. The van der Waals surface area contributed by atoms with Crippen LogP contribution in [0.25, 0.3) is 5.78 Å². The zero-order valence-corrected chi connectivity index (χ0v) is 16.6. The Hall–Kier alpha value is -2.18. The van der Waals surface area contributed by atoms with Crippen LogP contribution in [0.3, 0.4) is 0 Å². The van der Waals surface area contributed by atoms with Crippen molar-refractivity contribution in [3.63, 3.8) is 0 Å². The van der Waals surface area contributed by atoms with Gasteiger partial charge in [-0.15, -0.1) is 0 Å². The Morgan fingerprint density at radius 1 is 1.04 bits per heavy atom. The van der Waals surface area contributed by atoms with Crippen LogP contribution in [0.4, 0.5) is 5.82 Å². The molecule has 5 rings (SSSR count). The summed E-state index contributed by atoms with van der Waals surface area (Å²) in [5.74, 6) is 2.99. The van der Waals surface area contributed by atoms with Crippen LogP contribution in [-0.4, -0.2) is 56.6 Å². The number of carbonyl (C=O) groups excluding carboxylic acids is 1. The lowest BCUT2D eigenvalue weighted by Gasteiger charge is -2.37. The molecule has 0 unspecified atom stereocenters. The van der Waals surface area contributed by atoms with Crippen molar-refractivity contribution in [1.29, 1.82) is 0 Å². The Labute approximate surface area is 166 Å².